The number of hydrogen-bond acceptors (Lipinski definition) is 5. The van der Waals surface area contributed by atoms with Crippen molar-refractivity contribution in [1.82, 2.24) is 20.1 Å². The number of hydrogen-bond donors (Lipinski definition) is 2. The van der Waals surface area contributed by atoms with E-state index in [1.165, 1.54) is 18.1 Å². The van der Waals surface area contributed by atoms with Gasteiger partial charge >= 0.3 is 0 Å². The Hall–Kier alpha value is -3.13. The van der Waals surface area contributed by atoms with Crippen molar-refractivity contribution in [2.45, 2.75) is 29.7 Å². The SMILES string of the molecule is O=C(CC1Sc2ccccc2NC1=O)NCc1ccc(Cn2cncn2)cc1. The molecule has 0 fully saturated rings. The van der Waals surface area contributed by atoms with Crippen LogP contribution in [0.5, 0.6) is 0 Å². The molecule has 2 aromatic carbocycles. The normalized spacial score (nSPS) is 15.6. The first-order valence-electron chi connectivity index (χ1n) is 8.91. The van der Waals surface area contributed by atoms with Crippen LogP contribution in [0.25, 0.3) is 0 Å². The van der Waals surface area contributed by atoms with E-state index in [4.69, 9.17) is 0 Å². The summed E-state index contributed by atoms with van der Waals surface area (Å²) in [6, 6.07) is 15.6. The fraction of sp³-hybridized carbons (Fsp3) is 0.200. The summed E-state index contributed by atoms with van der Waals surface area (Å²) in [6.07, 6.45) is 3.33. The fourth-order valence-electron chi connectivity index (χ4n) is 2.93. The van der Waals surface area contributed by atoms with Crippen LogP contribution < -0.4 is 10.6 Å². The molecular formula is C20H19N5O2S. The highest BCUT2D eigenvalue weighted by molar-refractivity contribution is 8.01. The molecule has 0 bridgehead atoms. The lowest BCUT2D eigenvalue weighted by Crippen LogP contribution is -2.34. The zero-order valence-electron chi connectivity index (χ0n) is 15.0. The Morgan fingerprint density at radius 1 is 1.14 bits per heavy atom. The fourth-order valence-corrected chi connectivity index (χ4v) is 4.04. The molecule has 1 unspecified atom stereocenters. The molecule has 0 radical (unpaired) electrons. The first kappa shape index (κ1) is 18.2. The number of thioether (sulfide) groups is 1. The minimum Gasteiger partial charge on any atom is -0.352 e. The van der Waals surface area contributed by atoms with E-state index in [1.807, 2.05) is 48.5 Å². The van der Waals surface area contributed by atoms with Gasteiger partial charge in [-0.3, -0.25) is 9.59 Å². The van der Waals surface area contributed by atoms with Gasteiger partial charge in [0.05, 0.1) is 17.5 Å². The average molecular weight is 393 g/mol. The van der Waals surface area contributed by atoms with Crippen molar-refractivity contribution in [3.8, 4) is 0 Å². The number of anilines is 1. The molecule has 28 heavy (non-hydrogen) atoms. The van der Waals surface area contributed by atoms with Crippen molar-refractivity contribution < 1.29 is 9.59 Å². The third-order valence-corrected chi connectivity index (χ3v) is 5.68. The van der Waals surface area contributed by atoms with Gasteiger partial charge in [-0.25, -0.2) is 9.67 Å². The summed E-state index contributed by atoms with van der Waals surface area (Å²) >= 11 is 1.43. The Morgan fingerprint density at radius 3 is 2.71 bits per heavy atom. The number of aromatic nitrogens is 3. The lowest BCUT2D eigenvalue weighted by Gasteiger charge is -2.23. The number of nitrogens with zero attached hydrogens (tertiary/aromatic N) is 3. The molecule has 0 saturated heterocycles. The van der Waals surface area contributed by atoms with Gasteiger partial charge in [0, 0.05) is 17.9 Å². The quantitative estimate of drug-likeness (QED) is 0.672. The summed E-state index contributed by atoms with van der Waals surface area (Å²) in [5.74, 6) is -0.268. The highest BCUT2D eigenvalue weighted by Gasteiger charge is 2.28. The Bertz CT molecular complexity index is 973. The molecule has 2 N–H and O–H groups in total. The summed E-state index contributed by atoms with van der Waals surface area (Å²) in [5.41, 5.74) is 2.91. The van der Waals surface area contributed by atoms with Gasteiger partial charge in [-0.2, -0.15) is 5.10 Å². The summed E-state index contributed by atoms with van der Waals surface area (Å²) in [6.45, 7) is 1.08. The number of para-hydroxylation sites is 1. The second-order valence-electron chi connectivity index (χ2n) is 6.48. The van der Waals surface area contributed by atoms with E-state index in [0.29, 0.717) is 13.1 Å². The number of fused-ring (bicyclic) bond motifs is 1. The molecule has 7 nitrogen and oxygen atoms in total. The lowest BCUT2D eigenvalue weighted by atomic mass is 10.1. The van der Waals surface area contributed by atoms with E-state index < -0.39 is 5.25 Å². The molecule has 3 aromatic rings. The van der Waals surface area contributed by atoms with Crippen LogP contribution in [0.2, 0.25) is 0 Å². The second-order valence-corrected chi connectivity index (χ2v) is 7.73. The molecule has 0 aliphatic carbocycles. The Labute approximate surface area is 166 Å². The summed E-state index contributed by atoms with van der Waals surface area (Å²) in [4.78, 5) is 29.4. The van der Waals surface area contributed by atoms with Crippen LogP contribution in [0.4, 0.5) is 5.69 Å². The monoisotopic (exact) mass is 393 g/mol. The number of rotatable bonds is 6. The number of nitrogens with one attached hydrogen (secondary N) is 2. The van der Waals surface area contributed by atoms with Crippen LogP contribution >= 0.6 is 11.8 Å². The van der Waals surface area contributed by atoms with Crippen LogP contribution in [0.1, 0.15) is 17.5 Å². The standard InChI is InChI=1S/C20H19N5O2S/c26-19(9-18-20(27)24-16-3-1-2-4-17(16)28-18)22-10-14-5-7-15(8-6-14)11-25-13-21-12-23-25/h1-8,12-13,18H,9-11H2,(H,22,26)(H,24,27). The maximum Gasteiger partial charge on any atom is 0.238 e. The van der Waals surface area contributed by atoms with Crippen molar-refractivity contribution in [2.75, 3.05) is 5.32 Å². The molecule has 2 heterocycles. The molecule has 1 aromatic heterocycles. The molecule has 1 atom stereocenters. The lowest BCUT2D eigenvalue weighted by molar-refractivity contribution is -0.124. The highest BCUT2D eigenvalue weighted by atomic mass is 32.2. The summed E-state index contributed by atoms with van der Waals surface area (Å²) in [7, 11) is 0. The number of amides is 2. The van der Waals surface area contributed by atoms with Gasteiger partial charge < -0.3 is 10.6 Å². The molecule has 0 spiro atoms. The third kappa shape index (κ3) is 4.40. The molecule has 1 aliphatic heterocycles. The van der Waals surface area contributed by atoms with E-state index in [9.17, 15) is 9.59 Å². The van der Waals surface area contributed by atoms with Crippen LogP contribution in [0.15, 0.2) is 66.1 Å². The maximum atomic E-state index is 12.3. The Kier molecular flexibility index (Phi) is 5.38. The average Bonchev–Trinajstić information content (AvgIpc) is 3.21. The zero-order valence-corrected chi connectivity index (χ0v) is 15.9. The summed E-state index contributed by atoms with van der Waals surface area (Å²) < 4.78 is 1.75. The van der Waals surface area contributed by atoms with E-state index >= 15 is 0 Å². The van der Waals surface area contributed by atoms with E-state index in [2.05, 4.69) is 20.7 Å². The van der Waals surface area contributed by atoms with Crippen LogP contribution in [0.3, 0.4) is 0 Å². The molecule has 4 rings (SSSR count). The molecule has 142 valence electrons. The van der Waals surface area contributed by atoms with Crippen LogP contribution in [-0.4, -0.2) is 31.8 Å². The van der Waals surface area contributed by atoms with E-state index in [0.717, 1.165) is 21.7 Å². The van der Waals surface area contributed by atoms with Gasteiger partial charge in [-0.05, 0) is 23.3 Å². The van der Waals surface area contributed by atoms with Crippen molar-refractivity contribution in [1.29, 1.82) is 0 Å². The first-order chi connectivity index (χ1) is 13.7. The predicted molar refractivity (Wildman–Crippen MR) is 107 cm³/mol. The molecule has 0 saturated carbocycles. The second kappa shape index (κ2) is 8.26. The first-order valence-corrected chi connectivity index (χ1v) is 9.79. The van der Waals surface area contributed by atoms with E-state index in [-0.39, 0.29) is 18.2 Å². The van der Waals surface area contributed by atoms with Gasteiger partial charge in [0.1, 0.15) is 12.7 Å². The molecule has 1 aliphatic rings. The van der Waals surface area contributed by atoms with Gasteiger partial charge in [-0.15, -0.1) is 11.8 Å². The van der Waals surface area contributed by atoms with Crippen molar-refractivity contribution in [3.05, 3.63) is 72.3 Å². The van der Waals surface area contributed by atoms with Crippen molar-refractivity contribution in [2.24, 2.45) is 0 Å². The van der Waals surface area contributed by atoms with Gasteiger partial charge in [0.15, 0.2) is 0 Å². The zero-order chi connectivity index (χ0) is 19.3. The topological polar surface area (TPSA) is 88.9 Å². The minimum absolute atomic E-state index is 0.128. The number of carbonyl (C=O) groups excluding carboxylic acids is 2. The minimum atomic E-state index is -0.417. The molecular weight excluding hydrogens is 374 g/mol. The largest absolute Gasteiger partial charge is 0.352 e. The van der Waals surface area contributed by atoms with Gasteiger partial charge in [0.2, 0.25) is 11.8 Å². The summed E-state index contributed by atoms with van der Waals surface area (Å²) in [5, 5.41) is 9.42. The Morgan fingerprint density at radius 2 is 1.93 bits per heavy atom. The predicted octanol–water partition coefficient (Wildman–Crippen LogP) is 2.45. The van der Waals surface area contributed by atoms with Gasteiger partial charge in [0.25, 0.3) is 0 Å². The smallest absolute Gasteiger partial charge is 0.238 e. The van der Waals surface area contributed by atoms with Gasteiger partial charge in [-0.1, -0.05) is 36.4 Å². The third-order valence-electron chi connectivity index (χ3n) is 4.40. The number of benzene rings is 2. The number of carbonyl (C=O) groups is 2. The van der Waals surface area contributed by atoms with Crippen LogP contribution in [-0.2, 0) is 22.7 Å². The molecule has 8 heteroatoms. The van der Waals surface area contributed by atoms with Crippen molar-refractivity contribution in [3.63, 3.8) is 0 Å². The maximum absolute atomic E-state index is 12.3. The molecule has 2 amide bonds. The van der Waals surface area contributed by atoms with Crippen molar-refractivity contribution >= 4 is 29.3 Å². The van der Waals surface area contributed by atoms with Crippen LogP contribution in [0, 0.1) is 0 Å². The van der Waals surface area contributed by atoms with E-state index in [1.54, 1.807) is 11.0 Å². The highest BCUT2D eigenvalue weighted by Crippen LogP contribution is 2.36. The Balaban J connectivity index is 1.28.